The second-order valence-corrected chi connectivity index (χ2v) is 12.4. The summed E-state index contributed by atoms with van der Waals surface area (Å²) in [7, 11) is 0. The van der Waals surface area contributed by atoms with Crippen LogP contribution in [-0.4, -0.2) is 60.2 Å². The highest BCUT2D eigenvalue weighted by atomic mass is 32.1. The van der Waals surface area contributed by atoms with Gasteiger partial charge in [0.15, 0.2) is 0 Å². The second kappa shape index (κ2) is 9.53. The summed E-state index contributed by atoms with van der Waals surface area (Å²) in [6.45, 7) is 0.869. The Kier molecular flexibility index (Phi) is 6.56. The van der Waals surface area contributed by atoms with Crippen LogP contribution in [0.1, 0.15) is 49.0 Å². The zero-order chi connectivity index (χ0) is 26.8. The lowest BCUT2D eigenvalue weighted by Gasteiger charge is -2.49. The lowest BCUT2D eigenvalue weighted by atomic mass is 9.68. The van der Waals surface area contributed by atoms with E-state index in [0.717, 1.165) is 36.5 Å². The Bertz CT molecular complexity index is 1200. The Balaban J connectivity index is 1.18. The number of anilines is 1. The zero-order valence-corrected chi connectivity index (χ0v) is 21.6. The number of thiophene rings is 1. The predicted octanol–water partition coefficient (Wildman–Crippen LogP) is 5.63. The highest BCUT2D eigenvalue weighted by Gasteiger charge is 2.47. The third-order valence-corrected chi connectivity index (χ3v) is 9.70. The van der Waals surface area contributed by atoms with Crippen molar-refractivity contribution in [2.24, 2.45) is 17.8 Å². The Morgan fingerprint density at radius 1 is 1.05 bits per heavy atom. The summed E-state index contributed by atoms with van der Waals surface area (Å²) in [6.07, 6.45) is -2.63. The van der Waals surface area contributed by atoms with Gasteiger partial charge in [0, 0.05) is 48.7 Å². The number of amides is 1. The van der Waals surface area contributed by atoms with E-state index in [4.69, 9.17) is 0 Å². The highest BCUT2D eigenvalue weighted by molar-refractivity contribution is 7.18. The standard InChI is InChI=1S/C26H30F6N4OS/c27-25(28,29)12-17-11-18-22(19(26(30,31)32)13-33-23(18)38-17)35-5-7-36(8-6-35)24(37)21-15-3-4-20(34-21)16(10-15)9-14-1-2-14/h11,13-16,20-21,34H,1-10,12H2/t15-,16+,20+,21+/m1/s1. The molecule has 2 aromatic rings. The first-order valence-electron chi connectivity index (χ1n) is 13.3. The molecule has 12 heteroatoms. The first-order chi connectivity index (χ1) is 18.0. The number of hydrogen-bond acceptors (Lipinski definition) is 5. The van der Waals surface area contributed by atoms with Crippen LogP contribution in [-0.2, 0) is 17.4 Å². The Morgan fingerprint density at radius 2 is 1.79 bits per heavy atom. The molecule has 5 aliphatic rings. The first kappa shape index (κ1) is 26.2. The SMILES string of the molecule is O=C([C@H]1N[C@H]2CC[C@@H]1C[C@@H]2CC1CC1)N1CCN(c2c(C(F)(F)F)cnc3sc(CC(F)(F)F)cc23)CC1. The van der Waals surface area contributed by atoms with Gasteiger partial charge in [0.2, 0.25) is 5.91 Å². The van der Waals surface area contributed by atoms with Gasteiger partial charge in [-0.3, -0.25) is 4.79 Å². The number of carbonyl (C=O) groups is 1. The number of nitrogens with one attached hydrogen (secondary N) is 1. The molecule has 0 unspecified atom stereocenters. The van der Waals surface area contributed by atoms with E-state index >= 15 is 0 Å². The number of aromatic nitrogens is 1. The van der Waals surface area contributed by atoms with Crippen molar-refractivity contribution in [3.63, 3.8) is 0 Å². The van der Waals surface area contributed by atoms with Crippen LogP contribution in [0.15, 0.2) is 12.3 Å². The first-order valence-corrected chi connectivity index (χ1v) is 14.1. The molecule has 5 nitrogen and oxygen atoms in total. The number of alkyl halides is 6. The summed E-state index contributed by atoms with van der Waals surface area (Å²) >= 11 is 0.762. The van der Waals surface area contributed by atoms with Gasteiger partial charge in [-0.1, -0.05) is 12.8 Å². The summed E-state index contributed by atoms with van der Waals surface area (Å²) in [6, 6.07) is 1.30. The minimum atomic E-state index is -4.71. The molecule has 0 spiro atoms. The van der Waals surface area contributed by atoms with Gasteiger partial charge in [-0.05, 0) is 49.5 Å². The van der Waals surface area contributed by atoms with Crippen LogP contribution >= 0.6 is 11.3 Å². The normalized spacial score (nSPS) is 28.4. The third kappa shape index (κ3) is 5.22. The minimum Gasteiger partial charge on any atom is -0.367 e. The molecular weight excluding hydrogens is 530 g/mol. The fourth-order valence-electron chi connectivity index (χ4n) is 6.71. The number of nitrogens with zero attached hydrogens (tertiary/aromatic N) is 3. The number of piperidine rings is 2. The maximum absolute atomic E-state index is 13.9. The molecule has 2 aliphatic carbocycles. The topological polar surface area (TPSA) is 48.5 Å². The molecule has 5 heterocycles. The van der Waals surface area contributed by atoms with Gasteiger partial charge >= 0.3 is 12.4 Å². The molecule has 38 heavy (non-hydrogen) atoms. The summed E-state index contributed by atoms with van der Waals surface area (Å²) in [4.78, 5) is 20.6. The van der Waals surface area contributed by atoms with E-state index in [9.17, 15) is 31.1 Å². The quantitative estimate of drug-likeness (QED) is 0.482. The number of fused-ring (bicyclic) bond motifs is 4. The van der Waals surface area contributed by atoms with Crippen LogP contribution in [0.3, 0.4) is 0 Å². The van der Waals surface area contributed by atoms with Crippen molar-refractivity contribution in [2.75, 3.05) is 31.1 Å². The van der Waals surface area contributed by atoms with Crippen molar-refractivity contribution >= 4 is 33.1 Å². The molecule has 1 N–H and O–H groups in total. The molecule has 4 atom stereocenters. The highest BCUT2D eigenvalue weighted by Crippen LogP contribution is 2.46. The number of piperazine rings is 1. The molecule has 3 saturated heterocycles. The van der Waals surface area contributed by atoms with Gasteiger partial charge < -0.3 is 15.1 Å². The number of carbonyl (C=O) groups excluding carboxylic acids is 1. The van der Waals surface area contributed by atoms with Crippen molar-refractivity contribution in [3.05, 3.63) is 22.7 Å². The van der Waals surface area contributed by atoms with E-state index in [1.165, 1.54) is 25.3 Å². The molecule has 5 fully saturated rings. The smallest absolute Gasteiger partial charge is 0.367 e. The molecule has 0 aromatic carbocycles. The van der Waals surface area contributed by atoms with Crippen molar-refractivity contribution in [2.45, 2.75) is 69.4 Å². The Morgan fingerprint density at radius 3 is 2.39 bits per heavy atom. The molecule has 3 aliphatic heterocycles. The largest absolute Gasteiger partial charge is 0.419 e. The predicted molar refractivity (Wildman–Crippen MR) is 132 cm³/mol. The van der Waals surface area contributed by atoms with Gasteiger partial charge in [-0.2, -0.15) is 26.3 Å². The minimum absolute atomic E-state index is 0.0168. The van der Waals surface area contributed by atoms with E-state index < -0.39 is 24.3 Å². The van der Waals surface area contributed by atoms with Crippen LogP contribution in [0.4, 0.5) is 32.0 Å². The molecule has 2 saturated carbocycles. The van der Waals surface area contributed by atoms with Crippen LogP contribution in [0.2, 0.25) is 0 Å². The van der Waals surface area contributed by atoms with E-state index in [1.54, 1.807) is 9.80 Å². The Labute approximate surface area is 220 Å². The molecule has 208 valence electrons. The fourth-order valence-corrected chi connectivity index (χ4v) is 7.74. The molecule has 2 aromatic heterocycles. The van der Waals surface area contributed by atoms with Crippen LogP contribution in [0.25, 0.3) is 10.2 Å². The van der Waals surface area contributed by atoms with E-state index in [2.05, 4.69) is 10.3 Å². The summed E-state index contributed by atoms with van der Waals surface area (Å²) in [5, 5.41) is 3.68. The monoisotopic (exact) mass is 560 g/mol. The van der Waals surface area contributed by atoms with Gasteiger partial charge in [-0.25, -0.2) is 4.98 Å². The second-order valence-electron chi connectivity index (χ2n) is 11.3. The van der Waals surface area contributed by atoms with E-state index in [0.29, 0.717) is 24.1 Å². The molecule has 7 rings (SSSR count). The maximum Gasteiger partial charge on any atom is 0.419 e. The molecule has 1 amide bonds. The van der Waals surface area contributed by atoms with Crippen LogP contribution in [0, 0.1) is 17.8 Å². The fraction of sp³-hybridized carbons (Fsp3) is 0.692. The molecule has 2 bridgehead atoms. The van der Waals surface area contributed by atoms with Crippen LogP contribution in [0.5, 0.6) is 0 Å². The van der Waals surface area contributed by atoms with Crippen molar-refractivity contribution in [1.29, 1.82) is 0 Å². The summed E-state index contributed by atoms with van der Waals surface area (Å²) < 4.78 is 80.7. The average Bonchev–Trinajstić information content (AvgIpc) is 3.58. The zero-order valence-electron chi connectivity index (χ0n) is 20.7. The van der Waals surface area contributed by atoms with Crippen molar-refractivity contribution in [3.8, 4) is 0 Å². The lowest BCUT2D eigenvalue weighted by molar-refractivity contribution is -0.139. The third-order valence-electron chi connectivity index (χ3n) is 8.66. The van der Waals surface area contributed by atoms with Crippen molar-refractivity contribution in [1.82, 2.24) is 15.2 Å². The Hall–Kier alpha value is -2.08. The molecular formula is C26H30F6N4OS. The van der Waals surface area contributed by atoms with Crippen LogP contribution < -0.4 is 10.2 Å². The molecule has 0 radical (unpaired) electrons. The maximum atomic E-state index is 13.9. The summed E-state index contributed by atoms with van der Waals surface area (Å²) in [5.41, 5.74) is -1.11. The lowest BCUT2D eigenvalue weighted by Crippen LogP contribution is -2.64. The number of halogens is 6. The van der Waals surface area contributed by atoms with Gasteiger partial charge in [0.1, 0.15) is 4.83 Å². The van der Waals surface area contributed by atoms with E-state index in [-0.39, 0.29) is 58.9 Å². The number of pyridine rings is 1. The number of rotatable bonds is 5. The number of hydrogen-bond donors (Lipinski definition) is 1. The van der Waals surface area contributed by atoms with Gasteiger partial charge in [0.05, 0.1) is 23.7 Å². The van der Waals surface area contributed by atoms with Crippen molar-refractivity contribution < 1.29 is 31.1 Å². The van der Waals surface area contributed by atoms with E-state index in [1.807, 2.05) is 0 Å². The van der Waals surface area contributed by atoms with Gasteiger partial charge in [0.25, 0.3) is 0 Å². The summed E-state index contributed by atoms with van der Waals surface area (Å²) in [5.74, 6) is 1.79. The average molecular weight is 561 g/mol. The van der Waals surface area contributed by atoms with Gasteiger partial charge in [-0.15, -0.1) is 11.3 Å².